The van der Waals surface area contributed by atoms with Crippen LogP contribution < -0.4 is 0 Å². The molecular weight excluding hydrogens is 101 g/mol. The normalized spacial score (nSPS) is 9.62. The molecule has 2 nitrogen and oxygen atoms in total. The molecule has 1 amide bonds. The second kappa shape index (κ2) is 3.19. The zero-order valence-electron chi connectivity index (χ0n) is 4.72. The summed E-state index contributed by atoms with van der Waals surface area (Å²) in [5, 5.41) is 0. The van der Waals surface area contributed by atoms with Crippen LogP contribution in [0.15, 0.2) is 17.0 Å². The van der Waals surface area contributed by atoms with E-state index in [1.54, 1.807) is 0 Å². The van der Waals surface area contributed by atoms with Crippen molar-refractivity contribution < 1.29 is 4.79 Å². The molecule has 40 valence electrons. The van der Waals surface area contributed by atoms with Crippen LogP contribution in [0.1, 0.15) is 6.92 Å². The number of rotatable bonds is 1. The van der Waals surface area contributed by atoms with Crippen LogP contribution in [0.5, 0.6) is 0 Å². The van der Waals surface area contributed by atoms with Crippen molar-refractivity contribution in [3.05, 3.63) is 12.1 Å². The maximum absolute atomic E-state index is 10.1. The average molecular weight is 107 g/mol. The molecule has 0 atom stereocenters. The number of aliphatic imine (C=N–C) groups is 1. The third kappa shape index (κ3) is 5.14. The molecule has 0 heterocycles. The number of carbonyl (C=O) groups is 1. The molecule has 0 aromatic carbocycles. The van der Waals surface area contributed by atoms with Gasteiger partial charge in [0.1, 0.15) is 7.85 Å². The Balaban J connectivity index is 3.67. The Morgan fingerprint density at radius 3 is 2.50 bits per heavy atom. The number of nitrogens with zero attached hydrogens (tertiary/aromatic N) is 1. The predicted octanol–water partition coefficient (Wildman–Crippen LogP) is 0.286. The van der Waals surface area contributed by atoms with Crippen molar-refractivity contribution >= 4 is 20.0 Å². The SMILES string of the molecule is [B]C(=C)C=NC(C)=O. The summed E-state index contributed by atoms with van der Waals surface area (Å²) < 4.78 is 0. The Morgan fingerprint density at radius 2 is 2.38 bits per heavy atom. The van der Waals surface area contributed by atoms with Crippen molar-refractivity contribution in [2.45, 2.75) is 6.92 Å². The van der Waals surface area contributed by atoms with E-state index in [-0.39, 0.29) is 5.91 Å². The zero-order chi connectivity index (χ0) is 6.57. The van der Waals surface area contributed by atoms with Gasteiger partial charge in [-0.1, -0.05) is 5.47 Å². The summed E-state index contributed by atoms with van der Waals surface area (Å²) in [4.78, 5) is 13.4. The van der Waals surface area contributed by atoms with E-state index in [0.29, 0.717) is 5.47 Å². The van der Waals surface area contributed by atoms with Gasteiger partial charge in [0.15, 0.2) is 0 Å². The molecule has 0 aliphatic carbocycles. The van der Waals surface area contributed by atoms with Crippen LogP contribution in [0.25, 0.3) is 0 Å². The molecule has 0 aromatic heterocycles. The minimum Gasteiger partial charge on any atom is -0.273 e. The number of allylic oxidation sites excluding steroid dienone is 1. The zero-order valence-corrected chi connectivity index (χ0v) is 4.72. The monoisotopic (exact) mass is 107 g/mol. The maximum Gasteiger partial charge on any atom is 0.242 e. The van der Waals surface area contributed by atoms with E-state index in [4.69, 9.17) is 7.85 Å². The van der Waals surface area contributed by atoms with Gasteiger partial charge >= 0.3 is 0 Å². The van der Waals surface area contributed by atoms with Gasteiger partial charge in [0.2, 0.25) is 5.91 Å². The summed E-state index contributed by atoms with van der Waals surface area (Å²) in [6.07, 6.45) is 1.22. The highest BCUT2D eigenvalue weighted by Crippen LogP contribution is 1.74. The quantitative estimate of drug-likeness (QED) is 0.349. The van der Waals surface area contributed by atoms with Crippen LogP contribution >= 0.6 is 0 Å². The first kappa shape index (κ1) is 7.14. The third-order valence-corrected chi connectivity index (χ3v) is 0.412. The van der Waals surface area contributed by atoms with Gasteiger partial charge in [-0.05, 0) is 0 Å². The standard InChI is InChI=1S/C5H6BNO/c1-4(6)3-7-5(2)8/h3H,1H2,2H3. The summed E-state index contributed by atoms with van der Waals surface area (Å²) >= 11 is 0. The maximum atomic E-state index is 10.1. The van der Waals surface area contributed by atoms with Gasteiger partial charge in [0.05, 0.1) is 0 Å². The molecule has 2 radical (unpaired) electrons. The molecule has 8 heavy (non-hydrogen) atoms. The fraction of sp³-hybridized carbons (Fsp3) is 0.200. The van der Waals surface area contributed by atoms with E-state index in [9.17, 15) is 4.79 Å². The Morgan fingerprint density at radius 1 is 1.88 bits per heavy atom. The smallest absolute Gasteiger partial charge is 0.242 e. The molecule has 0 saturated heterocycles. The van der Waals surface area contributed by atoms with Crippen molar-refractivity contribution in [2.75, 3.05) is 0 Å². The fourth-order valence-corrected chi connectivity index (χ4v) is 0.174. The first-order valence-corrected chi connectivity index (χ1v) is 2.12. The summed E-state index contributed by atoms with van der Waals surface area (Å²) in [6, 6.07) is 0. The van der Waals surface area contributed by atoms with Crippen LogP contribution in [0, 0.1) is 0 Å². The second-order valence-corrected chi connectivity index (χ2v) is 1.35. The van der Waals surface area contributed by atoms with E-state index in [1.165, 1.54) is 13.1 Å². The van der Waals surface area contributed by atoms with Crippen molar-refractivity contribution in [3.63, 3.8) is 0 Å². The molecule has 0 spiro atoms. The summed E-state index contributed by atoms with van der Waals surface area (Å²) in [7, 11) is 5.04. The van der Waals surface area contributed by atoms with Gasteiger partial charge in [-0.25, -0.2) is 4.99 Å². The second-order valence-electron chi connectivity index (χ2n) is 1.35. The Labute approximate surface area is 49.7 Å². The van der Waals surface area contributed by atoms with Crippen molar-refractivity contribution in [1.29, 1.82) is 0 Å². The molecular formula is C5H6BNO. The predicted molar refractivity (Wildman–Crippen MR) is 34.1 cm³/mol. The highest BCUT2D eigenvalue weighted by Gasteiger charge is 1.79. The van der Waals surface area contributed by atoms with Crippen LogP contribution in [0.4, 0.5) is 0 Å². The van der Waals surface area contributed by atoms with Crippen LogP contribution in [0.3, 0.4) is 0 Å². The lowest BCUT2D eigenvalue weighted by Crippen LogP contribution is -1.85. The number of amides is 1. The minimum absolute atomic E-state index is 0.267. The van der Waals surface area contributed by atoms with E-state index < -0.39 is 0 Å². The van der Waals surface area contributed by atoms with Crippen LogP contribution in [0.2, 0.25) is 0 Å². The molecule has 0 aliphatic heterocycles. The van der Waals surface area contributed by atoms with Gasteiger partial charge in [0, 0.05) is 13.1 Å². The topological polar surface area (TPSA) is 29.4 Å². The van der Waals surface area contributed by atoms with E-state index in [2.05, 4.69) is 11.6 Å². The highest BCUT2D eigenvalue weighted by molar-refractivity contribution is 6.32. The lowest BCUT2D eigenvalue weighted by atomic mass is 10.00. The van der Waals surface area contributed by atoms with Crippen molar-refractivity contribution in [1.82, 2.24) is 0 Å². The Bertz CT molecular complexity index is 123. The van der Waals surface area contributed by atoms with Gasteiger partial charge in [0.25, 0.3) is 0 Å². The molecule has 0 unspecified atom stereocenters. The largest absolute Gasteiger partial charge is 0.273 e. The third-order valence-electron chi connectivity index (χ3n) is 0.412. The molecule has 0 N–H and O–H groups in total. The lowest BCUT2D eigenvalue weighted by molar-refractivity contribution is -0.115. The van der Waals surface area contributed by atoms with E-state index >= 15 is 0 Å². The van der Waals surface area contributed by atoms with Gasteiger partial charge in [-0.2, -0.15) is 0 Å². The first-order chi connectivity index (χ1) is 3.63. The number of hydrogen-bond donors (Lipinski definition) is 0. The number of carbonyl (C=O) groups excluding carboxylic acids is 1. The van der Waals surface area contributed by atoms with Crippen molar-refractivity contribution in [2.24, 2.45) is 4.99 Å². The molecule has 0 aromatic rings. The van der Waals surface area contributed by atoms with Crippen LogP contribution in [-0.4, -0.2) is 20.0 Å². The molecule has 0 bridgehead atoms. The summed E-state index contributed by atoms with van der Waals surface area (Å²) in [5.74, 6) is -0.267. The fourth-order valence-electron chi connectivity index (χ4n) is 0.174. The first-order valence-electron chi connectivity index (χ1n) is 2.12. The van der Waals surface area contributed by atoms with Gasteiger partial charge in [-0.3, -0.25) is 4.79 Å². The lowest BCUT2D eigenvalue weighted by Gasteiger charge is -1.80. The summed E-state index contributed by atoms with van der Waals surface area (Å²) in [5.41, 5.74) is 0.292. The number of hydrogen-bond acceptors (Lipinski definition) is 1. The molecule has 0 aliphatic rings. The molecule has 3 heteroatoms. The molecule has 0 rings (SSSR count). The minimum atomic E-state index is -0.267. The van der Waals surface area contributed by atoms with E-state index in [1.807, 2.05) is 0 Å². The molecule has 0 saturated carbocycles. The van der Waals surface area contributed by atoms with E-state index in [0.717, 1.165) is 0 Å². The Kier molecular flexibility index (Phi) is 2.85. The van der Waals surface area contributed by atoms with Gasteiger partial charge in [-0.15, -0.1) is 6.58 Å². The Hall–Kier alpha value is -0.855. The van der Waals surface area contributed by atoms with Gasteiger partial charge < -0.3 is 0 Å². The summed E-state index contributed by atoms with van der Waals surface area (Å²) in [6.45, 7) is 4.65. The highest BCUT2D eigenvalue weighted by atomic mass is 16.1. The average Bonchev–Trinajstić information content (AvgIpc) is 1.61. The molecule has 0 fully saturated rings. The van der Waals surface area contributed by atoms with Crippen molar-refractivity contribution in [3.8, 4) is 0 Å². The van der Waals surface area contributed by atoms with Crippen LogP contribution in [-0.2, 0) is 4.79 Å².